The molecule has 4 heteroatoms. The molecule has 100 valence electrons. The summed E-state index contributed by atoms with van der Waals surface area (Å²) in [4.78, 5) is 0. The standard InChI is InChI=1S/C14H20Cl2N2/c1-9(10-2-3-10)8-18-14(7-17)11-4-5-12(15)13(16)6-11/h4-6,9-10,14,18H,2-3,7-8,17H2,1H3. The lowest BCUT2D eigenvalue weighted by Gasteiger charge is -2.20. The zero-order valence-electron chi connectivity index (χ0n) is 10.6. The fourth-order valence-electron chi connectivity index (χ4n) is 2.23. The summed E-state index contributed by atoms with van der Waals surface area (Å²) in [6.07, 6.45) is 2.76. The Kier molecular flexibility index (Phi) is 4.91. The molecule has 2 nitrogen and oxygen atoms in total. The predicted molar refractivity (Wildman–Crippen MR) is 78.1 cm³/mol. The third kappa shape index (κ3) is 3.61. The van der Waals surface area contributed by atoms with Gasteiger partial charge in [-0.25, -0.2) is 0 Å². The van der Waals surface area contributed by atoms with E-state index in [1.807, 2.05) is 18.2 Å². The first-order chi connectivity index (χ1) is 8.61. The first-order valence-corrected chi connectivity index (χ1v) is 7.25. The Morgan fingerprint density at radius 2 is 2.06 bits per heavy atom. The summed E-state index contributed by atoms with van der Waals surface area (Å²) in [6.45, 7) is 3.87. The smallest absolute Gasteiger partial charge is 0.0595 e. The predicted octanol–water partition coefficient (Wildman–Crippen LogP) is 3.63. The molecule has 0 spiro atoms. The zero-order valence-corrected chi connectivity index (χ0v) is 12.1. The number of rotatable bonds is 6. The normalized spacial score (nSPS) is 18.7. The Morgan fingerprint density at radius 3 is 2.61 bits per heavy atom. The average molecular weight is 287 g/mol. The van der Waals surface area contributed by atoms with Crippen molar-refractivity contribution in [3.05, 3.63) is 33.8 Å². The van der Waals surface area contributed by atoms with Crippen molar-refractivity contribution in [2.24, 2.45) is 17.6 Å². The minimum absolute atomic E-state index is 0.154. The van der Waals surface area contributed by atoms with Crippen LogP contribution in [0.5, 0.6) is 0 Å². The van der Waals surface area contributed by atoms with Gasteiger partial charge in [-0.1, -0.05) is 36.2 Å². The Bertz CT molecular complexity index is 405. The first-order valence-electron chi connectivity index (χ1n) is 6.50. The topological polar surface area (TPSA) is 38.0 Å². The Morgan fingerprint density at radius 1 is 1.33 bits per heavy atom. The second-order valence-corrected chi connectivity index (χ2v) is 6.00. The molecule has 0 saturated heterocycles. The molecular weight excluding hydrogens is 267 g/mol. The van der Waals surface area contributed by atoms with Crippen LogP contribution in [0.4, 0.5) is 0 Å². The van der Waals surface area contributed by atoms with Gasteiger partial charge < -0.3 is 11.1 Å². The maximum atomic E-state index is 6.04. The molecule has 1 aromatic carbocycles. The molecule has 1 aliphatic rings. The molecule has 2 atom stereocenters. The molecule has 0 aromatic heterocycles. The highest BCUT2D eigenvalue weighted by atomic mass is 35.5. The fourth-order valence-corrected chi connectivity index (χ4v) is 2.53. The summed E-state index contributed by atoms with van der Waals surface area (Å²) >= 11 is 12.0. The highest BCUT2D eigenvalue weighted by Crippen LogP contribution is 2.36. The number of hydrogen-bond acceptors (Lipinski definition) is 2. The number of nitrogens with two attached hydrogens (primary N) is 1. The molecule has 0 amide bonds. The van der Waals surface area contributed by atoms with Crippen molar-refractivity contribution < 1.29 is 0 Å². The van der Waals surface area contributed by atoms with Gasteiger partial charge in [-0.2, -0.15) is 0 Å². The molecule has 1 aliphatic carbocycles. The summed E-state index contributed by atoms with van der Waals surface area (Å²) in [5, 5.41) is 4.70. The van der Waals surface area contributed by atoms with Gasteiger partial charge in [0.05, 0.1) is 10.0 Å². The van der Waals surface area contributed by atoms with Crippen LogP contribution in [0, 0.1) is 11.8 Å². The lowest BCUT2D eigenvalue weighted by molar-refractivity contribution is 0.423. The molecule has 1 fully saturated rings. The van der Waals surface area contributed by atoms with Gasteiger partial charge in [0.25, 0.3) is 0 Å². The van der Waals surface area contributed by atoms with Gasteiger partial charge in [0.15, 0.2) is 0 Å². The summed E-state index contributed by atoms with van der Waals surface area (Å²) < 4.78 is 0. The molecule has 0 radical (unpaired) electrons. The Balaban J connectivity index is 1.96. The third-order valence-electron chi connectivity index (χ3n) is 3.69. The van der Waals surface area contributed by atoms with E-state index in [9.17, 15) is 0 Å². The van der Waals surface area contributed by atoms with Crippen LogP contribution < -0.4 is 11.1 Å². The van der Waals surface area contributed by atoms with Crippen molar-refractivity contribution in [2.75, 3.05) is 13.1 Å². The second kappa shape index (κ2) is 6.25. The molecule has 1 saturated carbocycles. The number of hydrogen-bond donors (Lipinski definition) is 2. The SMILES string of the molecule is CC(CNC(CN)c1ccc(Cl)c(Cl)c1)C1CC1. The minimum Gasteiger partial charge on any atom is -0.329 e. The largest absolute Gasteiger partial charge is 0.329 e. The van der Waals surface area contributed by atoms with Crippen molar-refractivity contribution in [1.29, 1.82) is 0 Å². The van der Waals surface area contributed by atoms with E-state index < -0.39 is 0 Å². The van der Waals surface area contributed by atoms with Gasteiger partial charge in [0, 0.05) is 12.6 Å². The summed E-state index contributed by atoms with van der Waals surface area (Å²) in [5.74, 6) is 1.63. The third-order valence-corrected chi connectivity index (χ3v) is 4.43. The van der Waals surface area contributed by atoms with Crippen LogP contribution in [0.15, 0.2) is 18.2 Å². The van der Waals surface area contributed by atoms with Crippen LogP contribution in [0.2, 0.25) is 10.0 Å². The maximum absolute atomic E-state index is 6.04. The van der Waals surface area contributed by atoms with E-state index in [0.717, 1.165) is 23.9 Å². The number of benzene rings is 1. The summed E-state index contributed by atoms with van der Waals surface area (Å²) in [7, 11) is 0. The average Bonchev–Trinajstić information content (AvgIpc) is 3.18. The van der Waals surface area contributed by atoms with Gasteiger partial charge in [-0.05, 0) is 48.9 Å². The van der Waals surface area contributed by atoms with Gasteiger partial charge >= 0.3 is 0 Å². The quantitative estimate of drug-likeness (QED) is 0.838. The monoisotopic (exact) mass is 286 g/mol. The van der Waals surface area contributed by atoms with Gasteiger partial charge in [-0.15, -0.1) is 0 Å². The molecule has 2 rings (SSSR count). The van der Waals surface area contributed by atoms with Crippen molar-refractivity contribution >= 4 is 23.2 Å². The molecule has 3 N–H and O–H groups in total. The van der Waals surface area contributed by atoms with E-state index in [2.05, 4.69) is 12.2 Å². The van der Waals surface area contributed by atoms with Crippen LogP contribution in [0.25, 0.3) is 0 Å². The number of nitrogens with one attached hydrogen (secondary N) is 1. The van der Waals surface area contributed by atoms with Gasteiger partial charge in [0.1, 0.15) is 0 Å². The van der Waals surface area contributed by atoms with Crippen molar-refractivity contribution in [3.63, 3.8) is 0 Å². The van der Waals surface area contributed by atoms with Gasteiger partial charge in [-0.3, -0.25) is 0 Å². The van der Waals surface area contributed by atoms with E-state index in [4.69, 9.17) is 28.9 Å². The Labute approximate surface area is 119 Å². The second-order valence-electron chi connectivity index (χ2n) is 5.18. The lowest BCUT2D eigenvalue weighted by atomic mass is 10.0. The maximum Gasteiger partial charge on any atom is 0.0595 e. The molecule has 0 heterocycles. The summed E-state index contributed by atoms with van der Waals surface area (Å²) in [6, 6.07) is 5.87. The van der Waals surface area contributed by atoms with Crippen LogP contribution in [-0.2, 0) is 0 Å². The highest BCUT2D eigenvalue weighted by Gasteiger charge is 2.28. The van der Waals surface area contributed by atoms with Crippen LogP contribution in [0.3, 0.4) is 0 Å². The van der Waals surface area contributed by atoms with Crippen LogP contribution in [-0.4, -0.2) is 13.1 Å². The van der Waals surface area contributed by atoms with E-state index in [1.165, 1.54) is 12.8 Å². The molecule has 2 unspecified atom stereocenters. The molecule has 18 heavy (non-hydrogen) atoms. The molecule has 1 aromatic rings. The van der Waals surface area contributed by atoms with E-state index >= 15 is 0 Å². The lowest BCUT2D eigenvalue weighted by Crippen LogP contribution is -2.32. The van der Waals surface area contributed by atoms with Crippen molar-refractivity contribution in [3.8, 4) is 0 Å². The minimum atomic E-state index is 0.154. The fraction of sp³-hybridized carbons (Fsp3) is 0.571. The Hall–Kier alpha value is -0.280. The first kappa shape index (κ1) is 14.1. The van der Waals surface area contributed by atoms with Crippen LogP contribution >= 0.6 is 23.2 Å². The van der Waals surface area contributed by atoms with E-state index in [-0.39, 0.29) is 6.04 Å². The zero-order chi connectivity index (χ0) is 13.1. The van der Waals surface area contributed by atoms with Crippen molar-refractivity contribution in [1.82, 2.24) is 5.32 Å². The van der Waals surface area contributed by atoms with Gasteiger partial charge in [0.2, 0.25) is 0 Å². The highest BCUT2D eigenvalue weighted by molar-refractivity contribution is 6.42. The van der Waals surface area contributed by atoms with E-state index in [1.54, 1.807) is 0 Å². The molecule has 0 aliphatic heterocycles. The summed E-state index contributed by atoms with van der Waals surface area (Å²) in [5.41, 5.74) is 6.94. The number of halogens is 2. The van der Waals surface area contributed by atoms with Crippen molar-refractivity contribution in [2.45, 2.75) is 25.8 Å². The molecular formula is C14H20Cl2N2. The van der Waals surface area contributed by atoms with E-state index in [0.29, 0.717) is 16.6 Å². The molecule has 0 bridgehead atoms. The van der Waals surface area contributed by atoms with Crippen LogP contribution in [0.1, 0.15) is 31.4 Å².